The van der Waals surface area contributed by atoms with Crippen LogP contribution >= 0.6 is 0 Å². The first-order valence-corrected chi connectivity index (χ1v) is 8.71. The highest BCUT2D eigenvalue weighted by Crippen LogP contribution is 2.36. The third kappa shape index (κ3) is 3.95. The Morgan fingerprint density at radius 3 is 2.46 bits per heavy atom. The molecule has 1 saturated heterocycles. The van der Waals surface area contributed by atoms with Gasteiger partial charge in [-0.3, -0.25) is 19.7 Å². The summed E-state index contributed by atoms with van der Waals surface area (Å²) in [4.78, 5) is 36.8. The quantitative estimate of drug-likeness (QED) is 0.340. The van der Waals surface area contributed by atoms with Crippen molar-refractivity contribution in [3.63, 3.8) is 0 Å². The number of benzene rings is 2. The average Bonchev–Trinajstić information content (AvgIpc) is 3.02. The SMILES string of the molecule is COc1cc([N+](=O)[O-])ccc1N1C[C@H](C(=O)Oc2cc(C)cc(C)c2)CC1=O. The van der Waals surface area contributed by atoms with E-state index in [0.717, 1.165) is 11.1 Å². The second-order valence-corrected chi connectivity index (χ2v) is 6.76. The standard InChI is InChI=1S/C20H20N2O6/c1-12-6-13(2)8-16(7-12)28-20(24)14-9-19(23)21(11-14)17-5-4-15(22(25)26)10-18(17)27-3/h4-8,10,14H,9,11H2,1-3H3/t14-/m1/s1. The van der Waals surface area contributed by atoms with Gasteiger partial charge in [0.25, 0.3) is 5.69 Å². The van der Waals surface area contributed by atoms with Gasteiger partial charge in [0.15, 0.2) is 0 Å². The molecule has 28 heavy (non-hydrogen) atoms. The summed E-state index contributed by atoms with van der Waals surface area (Å²) < 4.78 is 10.7. The van der Waals surface area contributed by atoms with Gasteiger partial charge in [-0.25, -0.2) is 0 Å². The lowest BCUT2D eigenvalue weighted by atomic mass is 10.1. The summed E-state index contributed by atoms with van der Waals surface area (Å²) in [5, 5.41) is 10.9. The number of hydrogen-bond donors (Lipinski definition) is 0. The van der Waals surface area contributed by atoms with Crippen LogP contribution in [0.25, 0.3) is 0 Å². The van der Waals surface area contributed by atoms with Crippen LogP contribution in [0.3, 0.4) is 0 Å². The number of esters is 1. The Labute approximate surface area is 161 Å². The van der Waals surface area contributed by atoms with E-state index in [1.54, 1.807) is 12.1 Å². The number of amides is 1. The van der Waals surface area contributed by atoms with Gasteiger partial charge < -0.3 is 14.4 Å². The first kappa shape index (κ1) is 19.3. The maximum atomic E-state index is 12.5. The topological polar surface area (TPSA) is 99.0 Å². The molecule has 0 radical (unpaired) electrons. The van der Waals surface area contributed by atoms with E-state index in [1.807, 2.05) is 19.9 Å². The lowest BCUT2D eigenvalue weighted by molar-refractivity contribution is -0.384. The molecule has 1 atom stereocenters. The maximum absolute atomic E-state index is 12.5. The van der Waals surface area contributed by atoms with Gasteiger partial charge in [-0.2, -0.15) is 0 Å². The van der Waals surface area contributed by atoms with E-state index >= 15 is 0 Å². The Morgan fingerprint density at radius 2 is 1.86 bits per heavy atom. The molecule has 0 bridgehead atoms. The number of aryl methyl sites for hydroxylation is 2. The number of ether oxygens (including phenoxy) is 2. The highest BCUT2D eigenvalue weighted by molar-refractivity contribution is 6.00. The second kappa shape index (κ2) is 7.67. The van der Waals surface area contributed by atoms with Crippen molar-refractivity contribution in [2.24, 2.45) is 5.92 Å². The van der Waals surface area contributed by atoms with Crippen LogP contribution in [0, 0.1) is 29.9 Å². The Kier molecular flexibility index (Phi) is 5.30. The molecule has 146 valence electrons. The largest absolute Gasteiger partial charge is 0.494 e. The minimum atomic E-state index is -0.631. The summed E-state index contributed by atoms with van der Waals surface area (Å²) in [6, 6.07) is 9.50. The van der Waals surface area contributed by atoms with Crippen LogP contribution < -0.4 is 14.4 Å². The van der Waals surface area contributed by atoms with Gasteiger partial charge in [0.05, 0.1) is 29.7 Å². The summed E-state index contributed by atoms with van der Waals surface area (Å²) in [6.45, 7) is 3.94. The molecule has 1 amide bonds. The van der Waals surface area contributed by atoms with Gasteiger partial charge in [-0.15, -0.1) is 0 Å². The molecule has 8 nitrogen and oxygen atoms in total. The average molecular weight is 384 g/mol. The summed E-state index contributed by atoms with van der Waals surface area (Å²) >= 11 is 0. The summed E-state index contributed by atoms with van der Waals surface area (Å²) in [7, 11) is 1.37. The zero-order valence-corrected chi connectivity index (χ0v) is 15.8. The number of nitrogens with zero attached hydrogens (tertiary/aromatic N) is 2. The Balaban J connectivity index is 1.78. The fourth-order valence-electron chi connectivity index (χ4n) is 3.29. The van der Waals surface area contributed by atoms with Crippen LogP contribution in [0.5, 0.6) is 11.5 Å². The van der Waals surface area contributed by atoms with E-state index in [2.05, 4.69) is 0 Å². The van der Waals surface area contributed by atoms with E-state index in [0.29, 0.717) is 11.4 Å². The molecular formula is C20H20N2O6. The third-order valence-corrected chi connectivity index (χ3v) is 4.54. The maximum Gasteiger partial charge on any atom is 0.316 e. The number of hydrogen-bond acceptors (Lipinski definition) is 6. The van der Waals surface area contributed by atoms with Gasteiger partial charge in [-0.1, -0.05) is 6.07 Å². The number of non-ortho nitro benzene ring substituents is 1. The summed E-state index contributed by atoms with van der Waals surface area (Å²) in [5.41, 5.74) is 2.20. The second-order valence-electron chi connectivity index (χ2n) is 6.76. The van der Waals surface area contributed by atoms with Crippen LogP contribution in [-0.2, 0) is 9.59 Å². The number of nitro benzene ring substituents is 1. The van der Waals surface area contributed by atoms with Crippen LogP contribution in [0.15, 0.2) is 36.4 Å². The molecule has 0 spiro atoms. The molecule has 2 aromatic carbocycles. The number of anilines is 1. The molecule has 2 aromatic rings. The third-order valence-electron chi connectivity index (χ3n) is 4.54. The molecule has 1 heterocycles. The molecular weight excluding hydrogens is 364 g/mol. The van der Waals surface area contributed by atoms with E-state index in [1.165, 1.54) is 30.2 Å². The summed E-state index contributed by atoms with van der Waals surface area (Å²) in [6.07, 6.45) is 0.00374. The van der Waals surface area contributed by atoms with Gasteiger partial charge in [0, 0.05) is 19.0 Å². The first-order chi connectivity index (χ1) is 13.3. The molecule has 0 aliphatic carbocycles. The van der Waals surface area contributed by atoms with Gasteiger partial charge in [-0.05, 0) is 43.2 Å². The zero-order chi connectivity index (χ0) is 20.4. The summed E-state index contributed by atoms with van der Waals surface area (Å²) in [5.74, 6) is -0.739. The van der Waals surface area contributed by atoms with Crippen molar-refractivity contribution in [2.45, 2.75) is 20.3 Å². The number of carbonyl (C=O) groups excluding carboxylic acids is 2. The van der Waals surface area contributed by atoms with Crippen molar-refractivity contribution >= 4 is 23.3 Å². The Bertz CT molecular complexity index is 935. The van der Waals surface area contributed by atoms with E-state index in [-0.39, 0.29) is 30.3 Å². The van der Waals surface area contributed by atoms with Crippen LogP contribution in [0.2, 0.25) is 0 Å². The lowest BCUT2D eigenvalue weighted by Crippen LogP contribution is -2.27. The monoisotopic (exact) mass is 384 g/mol. The van der Waals surface area contributed by atoms with E-state index < -0.39 is 16.8 Å². The number of methoxy groups -OCH3 is 1. The van der Waals surface area contributed by atoms with Crippen molar-refractivity contribution in [1.29, 1.82) is 0 Å². The fourth-order valence-corrected chi connectivity index (χ4v) is 3.29. The number of carbonyl (C=O) groups is 2. The van der Waals surface area contributed by atoms with E-state index in [4.69, 9.17) is 9.47 Å². The highest BCUT2D eigenvalue weighted by atomic mass is 16.6. The molecule has 8 heteroatoms. The predicted molar refractivity (Wildman–Crippen MR) is 102 cm³/mol. The predicted octanol–water partition coefficient (Wildman–Crippen LogP) is 3.18. The normalized spacial score (nSPS) is 16.2. The molecule has 0 N–H and O–H groups in total. The lowest BCUT2D eigenvalue weighted by Gasteiger charge is -2.19. The van der Waals surface area contributed by atoms with E-state index in [9.17, 15) is 19.7 Å². The van der Waals surface area contributed by atoms with Crippen molar-refractivity contribution in [3.05, 3.63) is 57.6 Å². The molecule has 0 aromatic heterocycles. The fraction of sp³-hybridized carbons (Fsp3) is 0.300. The van der Waals surface area contributed by atoms with Crippen molar-refractivity contribution in [2.75, 3.05) is 18.6 Å². The first-order valence-electron chi connectivity index (χ1n) is 8.71. The number of rotatable bonds is 5. The van der Waals surface area contributed by atoms with Gasteiger partial charge in [0.1, 0.15) is 11.5 Å². The molecule has 0 unspecified atom stereocenters. The highest BCUT2D eigenvalue weighted by Gasteiger charge is 2.37. The van der Waals surface area contributed by atoms with Gasteiger partial charge >= 0.3 is 5.97 Å². The van der Waals surface area contributed by atoms with Crippen LogP contribution in [0.4, 0.5) is 11.4 Å². The smallest absolute Gasteiger partial charge is 0.316 e. The minimum Gasteiger partial charge on any atom is -0.494 e. The van der Waals surface area contributed by atoms with Crippen molar-refractivity contribution < 1.29 is 24.0 Å². The zero-order valence-electron chi connectivity index (χ0n) is 15.8. The van der Waals surface area contributed by atoms with Crippen molar-refractivity contribution in [3.8, 4) is 11.5 Å². The Hall–Kier alpha value is -3.42. The van der Waals surface area contributed by atoms with Crippen LogP contribution in [-0.4, -0.2) is 30.5 Å². The van der Waals surface area contributed by atoms with Crippen molar-refractivity contribution in [1.82, 2.24) is 0 Å². The molecule has 1 aliphatic heterocycles. The van der Waals surface area contributed by atoms with Crippen LogP contribution in [0.1, 0.15) is 17.5 Å². The molecule has 1 aliphatic rings. The molecule has 1 fully saturated rings. The minimum absolute atomic E-state index is 0.00374. The number of nitro groups is 1. The molecule has 0 saturated carbocycles. The Morgan fingerprint density at radius 1 is 1.18 bits per heavy atom. The van der Waals surface area contributed by atoms with Gasteiger partial charge in [0.2, 0.25) is 5.91 Å². The molecule has 3 rings (SSSR count).